The zero-order valence-electron chi connectivity index (χ0n) is 10.5. The van der Waals surface area contributed by atoms with Gasteiger partial charge in [0.15, 0.2) is 5.65 Å². The van der Waals surface area contributed by atoms with Crippen LogP contribution in [0.5, 0.6) is 0 Å². The molecule has 0 aliphatic rings. The molecular formula is C13H10BrN3O3. The summed E-state index contributed by atoms with van der Waals surface area (Å²) in [6, 6.07) is 6.88. The summed E-state index contributed by atoms with van der Waals surface area (Å²) in [5.41, 5.74) is 1.03. The number of aromatic amines is 1. The van der Waals surface area contributed by atoms with E-state index in [1.54, 1.807) is 31.2 Å². The van der Waals surface area contributed by atoms with Crippen LogP contribution in [0.25, 0.3) is 16.6 Å². The number of nitrogens with zero attached hydrogens (tertiary/aromatic N) is 2. The maximum absolute atomic E-state index is 12.1. The average molecular weight is 336 g/mol. The Hall–Kier alpha value is -2.15. The normalized spacial score (nSPS) is 11.1. The summed E-state index contributed by atoms with van der Waals surface area (Å²) in [7, 11) is 0. The van der Waals surface area contributed by atoms with E-state index in [1.165, 1.54) is 4.40 Å². The minimum Gasteiger partial charge on any atom is -0.462 e. The van der Waals surface area contributed by atoms with Gasteiger partial charge in [0, 0.05) is 9.86 Å². The molecule has 0 amide bonds. The molecule has 0 radical (unpaired) electrons. The minimum atomic E-state index is -0.437. The fraction of sp³-hybridized carbons (Fsp3) is 0.154. The highest BCUT2D eigenvalue weighted by Gasteiger charge is 2.16. The summed E-state index contributed by atoms with van der Waals surface area (Å²) >= 11 is 3.37. The number of hydrogen-bond acceptors (Lipinski definition) is 4. The number of nitrogens with one attached hydrogen (secondary N) is 1. The van der Waals surface area contributed by atoms with Gasteiger partial charge in [0.25, 0.3) is 0 Å². The molecule has 0 fully saturated rings. The van der Waals surface area contributed by atoms with E-state index in [0.717, 1.165) is 4.47 Å². The molecule has 102 valence electrons. The number of ether oxygens (including phenoxy) is 1. The molecule has 0 spiro atoms. The first-order valence-electron chi connectivity index (χ1n) is 5.98. The van der Waals surface area contributed by atoms with Crippen molar-refractivity contribution in [1.29, 1.82) is 0 Å². The molecule has 1 N–H and O–H groups in total. The van der Waals surface area contributed by atoms with E-state index in [2.05, 4.69) is 26.1 Å². The Kier molecular flexibility index (Phi) is 3.06. The van der Waals surface area contributed by atoms with Crippen molar-refractivity contribution < 1.29 is 9.53 Å². The summed E-state index contributed by atoms with van der Waals surface area (Å²) in [6.07, 6.45) is 0. The van der Waals surface area contributed by atoms with Crippen LogP contribution in [-0.4, -0.2) is 27.2 Å². The first-order chi connectivity index (χ1) is 9.61. The summed E-state index contributed by atoms with van der Waals surface area (Å²) in [5, 5.41) is 6.91. The van der Waals surface area contributed by atoms with Gasteiger partial charge in [-0.25, -0.2) is 19.1 Å². The summed E-state index contributed by atoms with van der Waals surface area (Å²) in [6.45, 7) is 2.03. The molecule has 0 unspecified atom stereocenters. The SMILES string of the molecule is CCOC(=O)c1cc2n[nH]c(=O)n2c2ccc(Br)cc12. The third-order valence-corrected chi connectivity index (χ3v) is 3.45. The number of carbonyl (C=O) groups is 1. The lowest BCUT2D eigenvalue weighted by Gasteiger charge is -2.08. The van der Waals surface area contributed by atoms with E-state index >= 15 is 0 Å². The van der Waals surface area contributed by atoms with Crippen molar-refractivity contribution in [1.82, 2.24) is 14.6 Å². The Labute approximate surface area is 121 Å². The summed E-state index contributed by atoms with van der Waals surface area (Å²) in [5.74, 6) is -0.437. The molecule has 0 saturated carbocycles. The van der Waals surface area contributed by atoms with Gasteiger partial charge in [0.2, 0.25) is 0 Å². The Morgan fingerprint density at radius 3 is 3.00 bits per heavy atom. The van der Waals surface area contributed by atoms with Gasteiger partial charge in [0.1, 0.15) is 0 Å². The van der Waals surface area contributed by atoms with E-state index in [4.69, 9.17) is 4.74 Å². The largest absolute Gasteiger partial charge is 0.462 e. The predicted molar refractivity (Wildman–Crippen MR) is 77.0 cm³/mol. The molecule has 0 atom stereocenters. The number of halogens is 1. The van der Waals surface area contributed by atoms with E-state index in [0.29, 0.717) is 22.1 Å². The number of rotatable bonds is 2. The number of H-pyrrole nitrogens is 1. The fourth-order valence-electron chi connectivity index (χ4n) is 2.14. The van der Waals surface area contributed by atoms with Gasteiger partial charge in [-0.15, -0.1) is 0 Å². The molecule has 0 aliphatic carbocycles. The molecule has 0 bridgehead atoms. The van der Waals surface area contributed by atoms with Gasteiger partial charge >= 0.3 is 11.7 Å². The number of fused-ring (bicyclic) bond motifs is 3. The second-order valence-corrected chi connectivity index (χ2v) is 5.08. The third kappa shape index (κ3) is 1.90. The number of carbonyl (C=O) groups excluding carboxylic acids is 1. The van der Waals surface area contributed by atoms with Crippen LogP contribution in [0.4, 0.5) is 0 Å². The van der Waals surface area contributed by atoms with Crippen molar-refractivity contribution in [2.24, 2.45) is 0 Å². The number of benzene rings is 1. The van der Waals surface area contributed by atoms with Gasteiger partial charge in [-0.05, 0) is 31.2 Å². The number of esters is 1. The molecule has 3 rings (SSSR count). The van der Waals surface area contributed by atoms with Crippen molar-refractivity contribution in [3.63, 3.8) is 0 Å². The van der Waals surface area contributed by atoms with Crippen LogP contribution < -0.4 is 5.69 Å². The van der Waals surface area contributed by atoms with Crippen LogP contribution in [0.3, 0.4) is 0 Å². The molecule has 7 heteroatoms. The number of pyridine rings is 1. The van der Waals surface area contributed by atoms with Crippen LogP contribution in [-0.2, 0) is 4.74 Å². The second kappa shape index (κ2) is 4.75. The van der Waals surface area contributed by atoms with E-state index in [9.17, 15) is 9.59 Å². The Morgan fingerprint density at radius 2 is 2.25 bits per heavy atom. The Morgan fingerprint density at radius 1 is 1.45 bits per heavy atom. The molecule has 6 nitrogen and oxygen atoms in total. The quantitative estimate of drug-likeness (QED) is 0.727. The smallest absolute Gasteiger partial charge is 0.348 e. The summed E-state index contributed by atoms with van der Waals surface area (Å²) in [4.78, 5) is 23.9. The fourth-order valence-corrected chi connectivity index (χ4v) is 2.50. The summed E-state index contributed by atoms with van der Waals surface area (Å²) < 4.78 is 7.28. The zero-order chi connectivity index (χ0) is 14.3. The van der Waals surface area contributed by atoms with Crippen molar-refractivity contribution in [2.75, 3.05) is 6.61 Å². The lowest BCUT2D eigenvalue weighted by molar-refractivity contribution is 0.0528. The van der Waals surface area contributed by atoms with Gasteiger partial charge in [-0.1, -0.05) is 15.9 Å². The van der Waals surface area contributed by atoms with Crippen LogP contribution in [0.1, 0.15) is 17.3 Å². The first kappa shape index (κ1) is 12.9. The monoisotopic (exact) mass is 335 g/mol. The van der Waals surface area contributed by atoms with Gasteiger partial charge in [-0.3, -0.25) is 0 Å². The standard InChI is InChI=1S/C13H10BrN3O3/c1-2-20-12(18)9-6-11-15-16-13(19)17(11)10-4-3-7(14)5-8(9)10/h3-6H,2H2,1H3,(H,16,19). The molecular weight excluding hydrogens is 326 g/mol. The van der Waals surface area contributed by atoms with Gasteiger partial charge in [-0.2, -0.15) is 5.10 Å². The number of aromatic nitrogens is 3. The molecule has 1 aromatic carbocycles. The molecule has 20 heavy (non-hydrogen) atoms. The highest BCUT2D eigenvalue weighted by molar-refractivity contribution is 9.10. The van der Waals surface area contributed by atoms with Crippen LogP contribution in [0.15, 0.2) is 33.5 Å². The number of hydrogen-bond donors (Lipinski definition) is 1. The lowest BCUT2D eigenvalue weighted by atomic mass is 10.1. The predicted octanol–water partition coefficient (Wildman–Crippen LogP) is 2.12. The van der Waals surface area contributed by atoms with Gasteiger partial charge < -0.3 is 4.74 Å². The maximum Gasteiger partial charge on any atom is 0.348 e. The lowest BCUT2D eigenvalue weighted by Crippen LogP contribution is -2.12. The van der Waals surface area contributed by atoms with Crippen LogP contribution in [0, 0.1) is 0 Å². The highest BCUT2D eigenvalue weighted by atomic mass is 79.9. The topological polar surface area (TPSA) is 76.5 Å². The van der Waals surface area contributed by atoms with E-state index in [-0.39, 0.29) is 12.3 Å². The first-order valence-corrected chi connectivity index (χ1v) is 6.77. The van der Waals surface area contributed by atoms with E-state index < -0.39 is 5.97 Å². The van der Waals surface area contributed by atoms with Crippen molar-refractivity contribution in [3.05, 3.63) is 44.8 Å². The Bertz CT molecular complexity index is 882. The molecule has 2 heterocycles. The average Bonchev–Trinajstić information content (AvgIpc) is 2.79. The zero-order valence-corrected chi connectivity index (χ0v) is 12.1. The maximum atomic E-state index is 12.1. The molecule has 0 aliphatic heterocycles. The molecule has 3 aromatic rings. The van der Waals surface area contributed by atoms with Gasteiger partial charge in [0.05, 0.1) is 17.7 Å². The highest BCUT2D eigenvalue weighted by Crippen LogP contribution is 2.24. The van der Waals surface area contributed by atoms with Crippen molar-refractivity contribution in [2.45, 2.75) is 6.92 Å². The second-order valence-electron chi connectivity index (χ2n) is 4.16. The van der Waals surface area contributed by atoms with Crippen molar-refractivity contribution >= 4 is 38.4 Å². The third-order valence-electron chi connectivity index (χ3n) is 2.96. The Balaban J connectivity index is 2.45. The van der Waals surface area contributed by atoms with Crippen LogP contribution >= 0.6 is 15.9 Å². The molecule has 2 aromatic heterocycles. The van der Waals surface area contributed by atoms with Crippen LogP contribution in [0.2, 0.25) is 0 Å². The van der Waals surface area contributed by atoms with Crippen molar-refractivity contribution in [3.8, 4) is 0 Å². The molecule has 0 saturated heterocycles. The van der Waals surface area contributed by atoms with E-state index in [1.807, 2.05) is 0 Å². The minimum absolute atomic E-state index is 0.285.